The fourth-order valence-corrected chi connectivity index (χ4v) is 3.59. The highest BCUT2D eigenvalue weighted by atomic mass is 19.1. The van der Waals surface area contributed by atoms with Crippen LogP contribution in [0.3, 0.4) is 0 Å². The van der Waals surface area contributed by atoms with E-state index in [4.69, 9.17) is 4.74 Å². The van der Waals surface area contributed by atoms with Gasteiger partial charge in [0.2, 0.25) is 0 Å². The summed E-state index contributed by atoms with van der Waals surface area (Å²) in [5.74, 6) is -0.941. The van der Waals surface area contributed by atoms with Crippen molar-refractivity contribution in [3.05, 3.63) is 89.3 Å². The standard InChI is InChI=1S/C25H27FO2/c1-3-7-18(2)22-14-15-28-25(22)13-11-21(20-8-5-4-6-9-20)16-19-10-12-24(27)23(26)17-19/h4-6,8-10,12,14,16-17,25,27H,2-3,7,11,13,15H2,1H3/b21-16-. The lowest BCUT2D eigenvalue weighted by Crippen LogP contribution is -2.11. The first-order chi connectivity index (χ1) is 13.6. The second kappa shape index (κ2) is 9.52. The molecule has 1 aliphatic rings. The van der Waals surface area contributed by atoms with E-state index in [1.165, 1.54) is 17.7 Å². The van der Waals surface area contributed by atoms with Crippen LogP contribution in [0.1, 0.15) is 43.7 Å². The molecule has 0 spiro atoms. The van der Waals surface area contributed by atoms with Crippen LogP contribution in [0.5, 0.6) is 5.75 Å². The van der Waals surface area contributed by atoms with Gasteiger partial charge >= 0.3 is 0 Å². The second-order valence-electron chi connectivity index (χ2n) is 7.12. The number of hydrogen-bond acceptors (Lipinski definition) is 2. The van der Waals surface area contributed by atoms with Gasteiger partial charge in [-0.15, -0.1) is 0 Å². The highest BCUT2D eigenvalue weighted by Gasteiger charge is 2.22. The average molecular weight is 378 g/mol. The Morgan fingerprint density at radius 1 is 1.21 bits per heavy atom. The third-order valence-electron chi connectivity index (χ3n) is 5.04. The van der Waals surface area contributed by atoms with Gasteiger partial charge in [-0.3, -0.25) is 0 Å². The Kier molecular flexibility index (Phi) is 6.83. The molecule has 2 aromatic rings. The molecule has 3 rings (SSSR count). The Bertz CT molecular complexity index is 881. The molecule has 1 N–H and O–H groups in total. The molecule has 2 aromatic carbocycles. The maximum atomic E-state index is 13.8. The monoisotopic (exact) mass is 378 g/mol. The Morgan fingerprint density at radius 2 is 2.00 bits per heavy atom. The molecule has 1 unspecified atom stereocenters. The molecule has 1 atom stereocenters. The van der Waals surface area contributed by atoms with Crippen molar-refractivity contribution in [1.82, 2.24) is 0 Å². The summed E-state index contributed by atoms with van der Waals surface area (Å²) in [6.45, 7) is 7.01. The molecule has 0 bridgehead atoms. The minimum Gasteiger partial charge on any atom is -0.505 e. The molecule has 0 amide bonds. The van der Waals surface area contributed by atoms with Gasteiger partial charge in [0.1, 0.15) is 0 Å². The van der Waals surface area contributed by atoms with E-state index >= 15 is 0 Å². The number of ether oxygens (including phenoxy) is 1. The first-order valence-electron chi connectivity index (χ1n) is 9.82. The zero-order chi connectivity index (χ0) is 19.9. The largest absolute Gasteiger partial charge is 0.505 e. The first-order valence-corrected chi connectivity index (χ1v) is 9.82. The predicted octanol–water partition coefficient (Wildman–Crippen LogP) is 6.53. The lowest BCUT2D eigenvalue weighted by atomic mass is 9.92. The van der Waals surface area contributed by atoms with E-state index in [1.54, 1.807) is 6.07 Å². The molecule has 0 aromatic heterocycles. The molecule has 2 nitrogen and oxygen atoms in total. The molecular formula is C25H27FO2. The predicted molar refractivity (Wildman–Crippen MR) is 113 cm³/mol. The van der Waals surface area contributed by atoms with Gasteiger partial charge in [-0.1, -0.05) is 68.5 Å². The lowest BCUT2D eigenvalue weighted by Gasteiger charge is -2.18. The van der Waals surface area contributed by atoms with E-state index in [-0.39, 0.29) is 11.9 Å². The van der Waals surface area contributed by atoms with E-state index in [9.17, 15) is 9.50 Å². The Morgan fingerprint density at radius 3 is 2.71 bits per heavy atom. The van der Waals surface area contributed by atoms with Gasteiger partial charge in [0.25, 0.3) is 0 Å². The van der Waals surface area contributed by atoms with Gasteiger partial charge in [0, 0.05) is 0 Å². The summed E-state index contributed by atoms with van der Waals surface area (Å²) in [5.41, 5.74) is 5.34. The van der Waals surface area contributed by atoms with E-state index in [0.29, 0.717) is 6.61 Å². The van der Waals surface area contributed by atoms with Crippen molar-refractivity contribution in [3.63, 3.8) is 0 Å². The van der Waals surface area contributed by atoms with Crippen LogP contribution in [0.25, 0.3) is 11.6 Å². The number of phenols is 1. The molecule has 1 aliphatic heterocycles. The molecule has 0 saturated carbocycles. The van der Waals surface area contributed by atoms with Gasteiger partial charge in [-0.25, -0.2) is 4.39 Å². The summed E-state index contributed by atoms with van der Waals surface area (Å²) >= 11 is 0. The number of phenolic OH excluding ortho intramolecular Hbond substituents is 1. The number of hydrogen-bond donors (Lipinski definition) is 1. The third-order valence-corrected chi connectivity index (χ3v) is 5.04. The van der Waals surface area contributed by atoms with Gasteiger partial charge in [0.15, 0.2) is 11.6 Å². The smallest absolute Gasteiger partial charge is 0.165 e. The van der Waals surface area contributed by atoms with Gasteiger partial charge in [-0.2, -0.15) is 0 Å². The number of allylic oxidation sites excluding steroid dienone is 1. The number of aromatic hydroxyl groups is 1. The summed E-state index contributed by atoms with van der Waals surface area (Å²) in [6, 6.07) is 14.6. The van der Waals surface area contributed by atoms with E-state index < -0.39 is 5.82 Å². The Hall–Kier alpha value is -2.65. The van der Waals surface area contributed by atoms with Crippen molar-refractivity contribution < 1.29 is 14.2 Å². The highest BCUT2D eigenvalue weighted by molar-refractivity contribution is 5.81. The zero-order valence-corrected chi connectivity index (χ0v) is 16.3. The lowest BCUT2D eigenvalue weighted by molar-refractivity contribution is 0.117. The molecule has 1 heterocycles. The highest BCUT2D eigenvalue weighted by Crippen LogP contribution is 2.31. The van der Waals surface area contributed by atoms with E-state index in [1.807, 2.05) is 24.3 Å². The minimum absolute atomic E-state index is 0.0581. The van der Waals surface area contributed by atoms with E-state index in [0.717, 1.165) is 48.0 Å². The molecule has 146 valence electrons. The first kappa shape index (κ1) is 20.1. The van der Waals surface area contributed by atoms with Crippen molar-refractivity contribution in [3.8, 4) is 5.75 Å². The maximum Gasteiger partial charge on any atom is 0.165 e. The summed E-state index contributed by atoms with van der Waals surface area (Å²) in [6.07, 6.45) is 7.89. The normalized spacial score (nSPS) is 16.9. The van der Waals surface area contributed by atoms with Crippen molar-refractivity contribution >= 4 is 11.6 Å². The van der Waals surface area contributed by atoms with E-state index in [2.05, 4.69) is 31.7 Å². The third kappa shape index (κ3) is 4.99. The number of benzene rings is 2. The summed E-state index contributed by atoms with van der Waals surface area (Å²) < 4.78 is 19.7. The van der Waals surface area contributed by atoms with Crippen LogP contribution in [0.4, 0.5) is 4.39 Å². The molecule has 0 aliphatic carbocycles. The summed E-state index contributed by atoms with van der Waals surface area (Å²) in [7, 11) is 0. The molecular weight excluding hydrogens is 351 g/mol. The Labute approximate surface area is 166 Å². The zero-order valence-electron chi connectivity index (χ0n) is 16.3. The van der Waals surface area contributed by atoms with Crippen molar-refractivity contribution in [2.75, 3.05) is 6.61 Å². The number of rotatable bonds is 8. The SMILES string of the molecule is C=C(CCC)C1=CCOC1CC/C(=C/c1ccc(O)c(F)c1)c1ccccc1. The second-order valence-corrected chi connectivity index (χ2v) is 7.12. The number of halogens is 1. The van der Waals surface area contributed by atoms with Crippen molar-refractivity contribution in [1.29, 1.82) is 0 Å². The van der Waals surface area contributed by atoms with Crippen LogP contribution in [-0.4, -0.2) is 17.8 Å². The average Bonchev–Trinajstić information content (AvgIpc) is 3.17. The quantitative estimate of drug-likeness (QED) is 0.529. The molecule has 0 saturated heterocycles. The molecule has 0 fully saturated rings. The fraction of sp³-hybridized carbons (Fsp3) is 0.280. The maximum absolute atomic E-state index is 13.8. The fourth-order valence-electron chi connectivity index (χ4n) is 3.59. The van der Waals surface area contributed by atoms with Crippen LogP contribution in [-0.2, 0) is 4.74 Å². The van der Waals surface area contributed by atoms with Gasteiger partial charge in [0.05, 0.1) is 12.7 Å². The molecule has 28 heavy (non-hydrogen) atoms. The van der Waals surface area contributed by atoms with Crippen molar-refractivity contribution in [2.24, 2.45) is 0 Å². The summed E-state index contributed by atoms with van der Waals surface area (Å²) in [5, 5.41) is 9.44. The van der Waals surface area contributed by atoms with Crippen LogP contribution in [0.2, 0.25) is 0 Å². The molecule has 0 radical (unpaired) electrons. The molecule has 3 heteroatoms. The van der Waals surface area contributed by atoms with Crippen LogP contribution in [0.15, 0.2) is 72.3 Å². The topological polar surface area (TPSA) is 29.5 Å². The summed E-state index contributed by atoms with van der Waals surface area (Å²) in [4.78, 5) is 0. The van der Waals surface area contributed by atoms with Gasteiger partial charge < -0.3 is 9.84 Å². The van der Waals surface area contributed by atoms with Crippen LogP contribution < -0.4 is 0 Å². The van der Waals surface area contributed by atoms with Crippen LogP contribution >= 0.6 is 0 Å². The van der Waals surface area contributed by atoms with Crippen LogP contribution in [0, 0.1) is 5.82 Å². The Balaban J connectivity index is 1.80. The minimum atomic E-state index is -0.610. The van der Waals surface area contributed by atoms with Crippen molar-refractivity contribution in [2.45, 2.75) is 38.7 Å². The van der Waals surface area contributed by atoms with Gasteiger partial charge in [-0.05, 0) is 59.2 Å².